The monoisotopic (exact) mass is 196 g/mol. The summed E-state index contributed by atoms with van der Waals surface area (Å²) in [6.45, 7) is 10.9. The molecule has 0 aromatic heterocycles. The van der Waals surface area contributed by atoms with Crippen molar-refractivity contribution in [3.8, 4) is 0 Å². The normalized spacial score (nSPS) is 28.1. The van der Waals surface area contributed by atoms with Gasteiger partial charge in [0.2, 0.25) is 0 Å². The van der Waals surface area contributed by atoms with Crippen molar-refractivity contribution < 1.29 is 0 Å². The SMILES string of the molecule is CC(C)(C)C(N)=NC1CCCC1(C)C. The highest BCUT2D eigenvalue weighted by Crippen LogP contribution is 2.39. The van der Waals surface area contributed by atoms with Crippen LogP contribution >= 0.6 is 0 Å². The van der Waals surface area contributed by atoms with E-state index >= 15 is 0 Å². The number of amidine groups is 1. The molecule has 14 heavy (non-hydrogen) atoms. The Morgan fingerprint density at radius 1 is 1.36 bits per heavy atom. The summed E-state index contributed by atoms with van der Waals surface area (Å²) in [5.74, 6) is 0.803. The average Bonchev–Trinajstić information content (AvgIpc) is 2.29. The topological polar surface area (TPSA) is 38.4 Å². The largest absolute Gasteiger partial charge is 0.387 e. The van der Waals surface area contributed by atoms with E-state index in [1.165, 1.54) is 19.3 Å². The van der Waals surface area contributed by atoms with Gasteiger partial charge < -0.3 is 5.73 Å². The van der Waals surface area contributed by atoms with E-state index in [-0.39, 0.29) is 5.41 Å². The first-order valence-corrected chi connectivity index (χ1v) is 5.57. The first-order valence-electron chi connectivity index (χ1n) is 5.57. The summed E-state index contributed by atoms with van der Waals surface area (Å²) in [5, 5.41) is 0. The molecule has 1 unspecified atom stereocenters. The lowest BCUT2D eigenvalue weighted by atomic mass is 9.87. The highest BCUT2D eigenvalue weighted by atomic mass is 14.9. The third kappa shape index (κ3) is 2.49. The van der Waals surface area contributed by atoms with Crippen molar-refractivity contribution in [1.82, 2.24) is 0 Å². The number of hydrogen-bond acceptors (Lipinski definition) is 1. The fraction of sp³-hybridized carbons (Fsp3) is 0.917. The predicted molar refractivity (Wildman–Crippen MR) is 62.5 cm³/mol. The second-order valence-electron chi connectivity index (χ2n) is 6.16. The molecule has 0 aromatic rings. The summed E-state index contributed by atoms with van der Waals surface area (Å²) in [6, 6.07) is 0.432. The molecule has 0 heterocycles. The van der Waals surface area contributed by atoms with Crippen LogP contribution < -0.4 is 5.73 Å². The average molecular weight is 196 g/mol. The van der Waals surface area contributed by atoms with Crippen LogP contribution in [0, 0.1) is 10.8 Å². The predicted octanol–water partition coefficient (Wildman–Crippen LogP) is 2.97. The molecule has 0 aromatic carbocycles. The number of nitrogens with two attached hydrogens (primary N) is 1. The fourth-order valence-corrected chi connectivity index (χ4v) is 1.91. The molecule has 0 amide bonds. The van der Waals surface area contributed by atoms with Gasteiger partial charge in [-0.1, -0.05) is 41.0 Å². The summed E-state index contributed by atoms with van der Waals surface area (Å²) in [5.41, 5.74) is 6.36. The second-order valence-corrected chi connectivity index (χ2v) is 6.16. The molecule has 0 bridgehead atoms. The molecule has 2 nitrogen and oxygen atoms in total. The van der Waals surface area contributed by atoms with Crippen molar-refractivity contribution >= 4 is 5.84 Å². The van der Waals surface area contributed by atoms with E-state index in [1.807, 2.05) is 0 Å². The van der Waals surface area contributed by atoms with Crippen LogP contribution in [0.1, 0.15) is 53.9 Å². The summed E-state index contributed by atoms with van der Waals surface area (Å²) in [4.78, 5) is 4.69. The zero-order chi connectivity index (χ0) is 11.0. The third-order valence-electron chi connectivity index (χ3n) is 3.26. The molecule has 1 rings (SSSR count). The van der Waals surface area contributed by atoms with Crippen LogP contribution in [0.15, 0.2) is 4.99 Å². The minimum Gasteiger partial charge on any atom is -0.387 e. The van der Waals surface area contributed by atoms with Crippen LogP contribution in [-0.2, 0) is 0 Å². The lowest BCUT2D eigenvalue weighted by Crippen LogP contribution is -2.33. The summed E-state index contributed by atoms with van der Waals surface area (Å²) in [7, 11) is 0. The minimum absolute atomic E-state index is 0.0126. The van der Waals surface area contributed by atoms with E-state index in [0.717, 1.165) is 5.84 Å². The van der Waals surface area contributed by atoms with Gasteiger partial charge in [0.25, 0.3) is 0 Å². The molecule has 0 spiro atoms. The van der Waals surface area contributed by atoms with Gasteiger partial charge in [-0.2, -0.15) is 0 Å². The van der Waals surface area contributed by atoms with Gasteiger partial charge in [0.1, 0.15) is 0 Å². The Balaban J connectivity index is 2.77. The summed E-state index contributed by atoms with van der Waals surface area (Å²) < 4.78 is 0. The maximum absolute atomic E-state index is 6.00. The molecule has 0 radical (unpaired) electrons. The van der Waals surface area contributed by atoms with Crippen molar-refractivity contribution in [2.45, 2.75) is 59.9 Å². The Hall–Kier alpha value is -0.530. The van der Waals surface area contributed by atoms with Gasteiger partial charge in [-0.25, -0.2) is 0 Å². The Morgan fingerprint density at radius 3 is 2.29 bits per heavy atom. The lowest BCUT2D eigenvalue weighted by Gasteiger charge is -2.26. The molecule has 0 aliphatic heterocycles. The van der Waals surface area contributed by atoms with Crippen molar-refractivity contribution in [2.24, 2.45) is 21.6 Å². The Morgan fingerprint density at radius 2 is 1.93 bits per heavy atom. The van der Waals surface area contributed by atoms with Crippen LogP contribution in [0.25, 0.3) is 0 Å². The van der Waals surface area contributed by atoms with E-state index in [1.54, 1.807) is 0 Å². The molecular formula is C12H24N2. The van der Waals surface area contributed by atoms with Crippen LogP contribution in [0.2, 0.25) is 0 Å². The minimum atomic E-state index is 0.0126. The molecule has 1 aliphatic rings. The zero-order valence-corrected chi connectivity index (χ0v) is 10.2. The van der Waals surface area contributed by atoms with Gasteiger partial charge in [0.05, 0.1) is 11.9 Å². The lowest BCUT2D eigenvalue weighted by molar-refractivity contribution is 0.332. The molecule has 1 fully saturated rings. The van der Waals surface area contributed by atoms with Crippen molar-refractivity contribution in [3.63, 3.8) is 0 Å². The van der Waals surface area contributed by atoms with Gasteiger partial charge in [-0.3, -0.25) is 4.99 Å². The molecular weight excluding hydrogens is 172 g/mol. The summed E-state index contributed by atoms with van der Waals surface area (Å²) >= 11 is 0. The van der Waals surface area contributed by atoms with Gasteiger partial charge in [0, 0.05) is 5.41 Å². The van der Waals surface area contributed by atoms with Crippen LogP contribution in [0.4, 0.5) is 0 Å². The van der Waals surface area contributed by atoms with E-state index in [2.05, 4.69) is 34.6 Å². The Labute approximate surface area is 88.0 Å². The van der Waals surface area contributed by atoms with Crippen LogP contribution in [0.3, 0.4) is 0 Å². The van der Waals surface area contributed by atoms with E-state index in [9.17, 15) is 0 Å². The first kappa shape index (κ1) is 11.5. The van der Waals surface area contributed by atoms with Crippen molar-refractivity contribution in [1.29, 1.82) is 0 Å². The number of aliphatic imine (C=N–C) groups is 1. The molecule has 1 aliphatic carbocycles. The number of rotatable bonds is 1. The van der Waals surface area contributed by atoms with Crippen molar-refractivity contribution in [3.05, 3.63) is 0 Å². The van der Waals surface area contributed by atoms with Crippen LogP contribution in [-0.4, -0.2) is 11.9 Å². The first-order chi connectivity index (χ1) is 6.23. The van der Waals surface area contributed by atoms with E-state index in [4.69, 9.17) is 10.7 Å². The molecule has 1 atom stereocenters. The summed E-state index contributed by atoms with van der Waals surface area (Å²) in [6.07, 6.45) is 3.76. The number of nitrogens with zero attached hydrogens (tertiary/aromatic N) is 1. The standard InChI is InChI=1S/C12H24N2/c1-11(2,3)10(13)14-9-7-6-8-12(9,4)5/h9H,6-8H2,1-5H3,(H2,13,14). The van der Waals surface area contributed by atoms with Gasteiger partial charge in [-0.15, -0.1) is 0 Å². The van der Waals surface area contributed by atoms with E-state index < -0.39 is 0 Å². The van der Waals surface area contributed by atoms with Crippen LogP contribution in [0.5, 0.6) is 0 Å². The molecule has 2 N–H and O–H groups in total. The quantitative estimate of drug-likeness (QED) is 0.508. The molecule has 1 saturated carbocycles. The maximum atomic E-state index is 6.00. The molecule has 82 valence electrons. The highest BCUT2D eigenvalue weighted by Gasteiger charge is 2.35. The second kappa shape index (κ2) is 3.56. The van der Waals surface area contributed by atoms with Gasteiger partial charge in [-0.05, 0) is 18.3 Å². The smallest absolute Gasteiger partial charge is 0.0994 e. The Bertz CT molecular complexity index is 233. The maximum Gasteiger partial charge on any atom is 0.0994 e. The van der Waals surface area contributed by atoms with Gasteiger partial charge in [0.15, 0.2) is 0 Å². The molecule has 2 heteroatoms. The Kier molecular flexibility index (Phi) is 2.93. The van der Waals surface area contributed by atoms with E-state index in [0.29, 0.717) is 11.5 Å². The third-order valence-corrected chi connectivity index (χ3v) is 3.26. The highest BCUT2D eigenvalue weighted by molar-refractivity contribution is 5.85. The van der Waals surface area contributed by atoms with Gasteiger partial charge >= 0.3 is 0 Å². The molecule has 0 saturated heterocycles. The van der Waals surface area contributed by atoms with Crippen molar-refractivity contribution in [2.75, 3.05) is 0 Å². The fourth-order valence-electron chi connectivity index (χ4n) is 1.91. The number of hydrogen-bond donors (Lipinski definition) is 1. The zero-order valence-electron chi connectivity index (χ0n) is 10.2.